The third-order valence-corrected chi connectivity index (χ3v) is 5.16. The fraction of sp³-hybridized carbons (Fsp3) is 0.409. The first kappa shape index (κ1) is 23.8. The van der Waals surface area contributed by atoms with Gasteiger partial charge in [0.05, 0.1) is 30.8 Å². The van der Waals surface area contributed by atoms with Crippen LogP contribution >= 0.6 is 11.6 Å². The predicted octanol–water partition coefficient (Wildman–Crippen LogP) is 2.05. The van der Waals surface area contributed by atoms with E-state index in [0.717, 1.165) is 0 Å². The van der Waals surface area contributed by atoms with E-state index in [1.165, 1.54) is 15.7 Å². The molecule has 10 heteroatoms. The number of benzene rings is 1. The predicted molar refractivity (Wildman–Crippen MR) is 119 cm³/mol. The molecule has 3 rings (SSSR count). The van der Waals surface area contributed by atoms with Crippen LogP contribution in [0.3, 0.4) is 0 Å². The summed E-state index contributed by atoms with van der Waals surface area (Å²) in [6, 6.07) is 7.83. The molecule has 1 aliphatic heterocycles. The minimum absolute atomic E-state index is 0.0963. The third-order valence-electron chi connectivity index (χ3n) is 4.85. The lowest BCUT2D eigenvalue weighted by Crippen LogP contribution is -2.46. The molecule has 0 aliphatic carbocycles. The minimum Gasteiger partial charge on any atom is -0.458 e. The van der Waals surface area contributed by atoms with E-state index in [1.54, 1.807) is 36.5 Å². The van der Waals surface area contributed by atoms with E-state index in [4.69, 9.17) is 21.4 Å². The van der Waals surface area contributed by atoms with Crippen molar-refractivity contribution >= 4 is 29.2 Å². The van der Waals surface area contributed by atoms with Crippen molar-refractivity contribution < 1.29 is 24.5 Å². The largest absolute Gasteiger partial charge is 0.458 e. The van der Waals surface area contributed by atoms with Crippen LogP contribution in [-0.2, 0) is 16.1 Å². The van der Waals surface area contributed by atoms with Crippen molar-refractivity contribution in [1.29, 1.82) is 0 Å². The van der Waals surface area contributed by atoms with Crippen LogP contribution in [0, 0.1) is 5.92 Å². The number of carbonyl (C=O) groups excluding carboxylic acids is 2. The van der Waals surface area contributed by atoms with E-state index >= 15 is 0 Å². The molecule has 0 radical (unpaired) electrons. The molecule has 0 spiro atoms. The van der Waals surface area contributed by atoms with Crippen molar-refractivity contribution in [1.82, 2.24) is 14.7 Å². The highest BCUT2D eigenvalue weighted by Gasteiger charge is 2.35. The number of para-hydroxylation sites is 1. The quantitative estimate of drug-likeness (QED) is 0.497. The molecule has 2 heterocycles. The molecule has 1 aliphatic rings. The van der Waals surface area contributed by atoms with E-state index in [0.29, 0.717) is 28.8 Å². The molecule has 2 aromatic rings. The van der Waals surface area contributed by atoms with Crippen molar-refractivity contribution in [2.75, 3.05) is 18.5 Å². The van der Waals surface area contributed by atoms with Gasteiger partial charge in [0.1, 0.15) is 17.6 Å². The molecular weight excluding hydrogens is 436 g/mol. The number of ether oxygens (including phenoxy) is 1. The van der Waals surface area contributed by atoms with Gasteiger partial charge in [-0.3, -0.25) is 14.3 Å². The first-order valence-electron chi connectivity index (χ1n) is 10.3. The molecule has 32 heavy (non-hydrogen) atoms. The maximum absolute atomic E-state index is 13.1. The molecule has 3 N–H and O–H groups in total. The number of aliphatic hydroxyl groups excluding tert-OH is 2. The van der Waals surface area contributed by atoms with Gasteiger partial charge in [-0.05, 0) is 24.5 Å². The molecule has 0 bridgehead atoms. The van der Waals surface area contributed by atoms with Crippen molar-refractivity contribution in [3.05, 3.63) is 53.4 Å². The summed E-state index contributed by atoms with van der Waals surface area (Å²) in [4.78, 5) is 27.2. The molecule has 0 saturated heterocycles. The number of anilines is 1. The van der Waals surface area contributed by atoms with Crippen molar-refractivity contribution in [2.45, 2.75) is 39.0 Å². The zero-order chi connectivity index (χ0) is 23.3. The van der Waals surface area contributed by atoms with E-state index in [-0.39, 0.29) is 37.4 Å². The third kappa shape index (κ3) is 6.09. The van der Waals surface area contributed by atoms with Crippen LogP contribution in [-0.4, -0.2) is 62.0 Å². The summed E-state index contributed by atoms with van der Waals surface area (Å²) in [7, 11) is 0. The number of aliphatic hydroxyl groups is 2. The molecular formula is C22H27ClN4O5. The highest BCUT2D eigenvalue weighted by Crippen LogP contribution is 2.28. The lowest BCUT2D eigenvalue weighted by Gasteiger charge is -2.28. The highest BCUT2D eigenvalue weighted by atomic mass is 35.5. The van der Waals surface area contributed by atoms with Gasteiger partial charge in [0.2, 0.25) is 5.91 Å². The van der Waals surface area contributed by atoms with Gasteiger partial charge < -0.3 is 25.2 Å². The first-order chi connectivity index (χ1) is 15.3. The molecule has 0 saturated carbocycles. The monoisotopic (exact) mass is 462 g/mol. The Kier molecular flexibility index (Phi) is 7.89. The van der Waals surface area contributed by atoms with Crippen molar-refractivity contribution in [3.63, 3.8) is 0 Å². The zero-order valence-electron chi connectivity index (χ0n) is 17.9. The SMILES string of the molecule is CC(C)C[C@@H](C(=O)Nc1ccn(C[C@@H](O)CO)n1)N1CC(Oc2ccccc2Cl)=CC1=O. The Morgan fingerprint density at radius 1 is 1.31 bits per heavy atom. The number of amides is 2. The number of nitrogens with one attached hydrogen (secondary N) is 1. The Bertz CT molecular complexity index is 990. The van der Waals surface area contributed by atoms with E-state index in [9.17, 15) is 14.7 Å². The van der Waals surface area contributed by atoms with Crippen LogP contribution < -0.4 is 10.1 Å². The number of aromatic nitrogens is 2. The van der Waals surface area contributed by atoms with Crippen molar-refractivity contribution in [3.8, 4) is 5.75 Å². The van der Waals surface area contributed by atoms with Crippen LogP contribution in [0.5, 0.6) is 5.75 Å². The minimum atomic E-state index is -0.947. The van der Waals surface area contributed by atoms with Crippen LogP contribution in [0.25, 0.3) is 0 Å². The van der Waals surface area contributed by atoms with Gasteiger partial charge in [0.15, 0.2) is 5.82 Å². The van der Waals surface area contributed by atoms with Gasteiger partial charge in [-0.2, -0.15) is 5.10 Å². The average molecular weight is 463 g/mol. The summed E-state index contributed by atoms with van der Waals surface area (Å²) in [6.45, 7) is 3.80. The normalized spacial score (nSPS) is 15.6. The molecule has 2 atom stereocenters. The number of nitrogens with zero attached hydrogens (tertiary/aromatic N) is 3. The average Bonchev–Trinajstić information content (AvgIpc) is 3.33. The summed E-state index contributed by atoms with van der Waals surface area (Å²) < 4.78 is 7.21. The maximum Gasteiger partial charge on any atom is 0.251 e. The van der Waals surface area contributed by atoms with E-state index in [1.807, 2.05) is 13.8 Å². The number of hydrogen-bond acceptors (Lipinski definition) is 6. The summed E-state index contributed by atoms with van der Waals surface area (Å²) in [5, 5.41) is 25.9. The molecule has 172 valence electrons. The fourth-order valence-electron chi connectivity index (χ4n) is 3.34. The lowest BCUT2D eigenvalue weighted by atomic mass is 10.0. The van der Waals surface area contributed by atoms with Crippen LogP contribution in [0.2, 0.25) is 5.02 Å². The number of hydrogen-bond donors (Lipinski definition) is 3. The van der Waals surface area contributed by atoms with Crippen LogP contribution in [0.4, 0.5) is 5.82 Å². The molecule has 1 aromatic heterocycles. The van der Waals surface area contributed by atoms with Gasteiger partial charge in [-0.25, -0.2) is 0 Å². The number of carbonyl (C=O) groups is 2. The Morgan fingerprint density at radius 3 is 2.75 bits per heavy atom. The molecule has 2 amide bonds. The Morgan fingerprint density at radius 2 is 2.06 bits per heavy atom. The van der Waals surface area contributed by atoms with Crippen molar-refractivity contribution in [2.24, 2.45) is 5.92 Å². The van der Waals surface area contributed by atoms with Gasteiger partial charge in [0.25, 0.3) is 5.91 Å². The lowest BCUT2D eigenvalue weighted by molar-refractivity contribution is -0.133. The highest BCUT2D eigenvalue weighted by molar-refractivity contribution is 6.32. The van der Waals surface area contributed by atoms with Gasteiger partial charge >= 0.3 is 0 Å². The Balaban J connectivity index is 1.69. The summed E-state index contributed by atoms with van der Waals surface area (Å²) in [5.74, 6) is 0.615. The van der Waals surface area contributed by atoms with Crippen LogP contribution in [0.15, 0.2) is 48.4 Å². The van der Waals surface area contributed by atoms with E-state index < -0.39 is 12.1 Å². The van der Waals surface area contributed by atoms with Gasteiger partial charge in [0, 0.05) is 18.3 Å². The molecule has 0 unspecified atom stereocenters. The topological polar surface area (TPSA) is 117 Å². The fourth-order valence-corrected chi connectivity index (χ4v) is 3.52. The summed E-state index contributed by atoms with van der Waals surface area (Å²) in [6.07, 6.45) is 2.46. The zero-order valence-corrected chi connectivity index (χ0v) is 18.7. The first-order valence-corrected chi connectivity index (χ1v) is 10.7. The van der Waals surface area contributed by atoms with E-state index in [2.05, 4.69) is 10.4 Å². The standard InChI is InChI=1S/C22H27ClN4O5/c1-14(2)9-18(22(31)24-20-7-8-26(25-20)11-15(29)13-28)27-12-16(10-21(27)30)32-19-6-4-3-5-17(19)23/h3-8,10,14-15,18,28-29H,9,11-13H2,1-2H3,(H,24,25,31)/t15-,18+/m1/s1. The number of halogens is 1. The molecule has 0 fully saturated rings. The van der Waals surface area contributed by atoms with Gasteiger partial charge in [-0.15, -0.1) is 0 Å². The maximum atomic E-state index is 13.1. The second-order valence-electron chi connectivity index (χ2n) is 8.00. The summed E-state index contributed by atoms with van der Waals surface area (Å²) in [5.41, 5.74) is 0. The number of rotatable bonds is 10. The smallest absolute Gasteiger partial charge is 0.251 e. The van der Waals surface area contributed by atoms with Crippen LogP contribution in [0.1, 0.15) is 20.3 Å². The Hall–Kier alpha value is -2.88. The second-order valence-corrected chi connectivity index (χ2v) is 8.41. The Labute approximate surface area is 191 Å². The molecule has 1 aromatic carbocycles. The second kappa shape index (κ2) is 10.6. The summed E-state index contributed by atoms with van der Waals surface area (Å²) >= 11 is 6.14. The van der Waals surface area contributed by atoms with Gasteiger partial charge in [-0.1, -0.05) is 37.6 Å². The molecule has 9 nitrogen and oxygen atoms in total.